The van der Waals surface area contributed by atoms with Crippen LogP contribution in [0.25, 0.3) is 0 Å². The summed E-state index contributed by atoms with van der Waals surface area (Å²) in [5.74, 6) is 0. The highest BCUT2D eigenvalue weighted by Gasteiger charge is 1.99. The summed E-state index contributed by atoms with van der Waals surface area (Å²) in [6.45, 7) is 1.58. The molecule has 0 saturated carbocycles. The lowest BCUT2D eigenvalue weighted by Crippen LogP contribution is -2.12. The van der Waals surface area contributed by atoms with Gasteiger partial charge in [-0.3, -0.25) is 0 Å². The summed E-state index contributed by atoms with van der Waals surface area (Å²) in [7, 11) is 0. The summed E-state index contributed by atoms with van der Waals surface area (Å²) in [6.07, 6.45) is 3.49. The number of H-pyrrole nitrogens is 1. The van der Waals surface area contributed by atoms with Crippen LogP contribution < -0.4 is 5.32 Å². The molecule has 1 heterocycles. The molecular weight excluding hydrogens is 289 g/mol. The quantitative estimate of drug-likeness (QED) is 0.911. The van der Waals surface area contributed by atoms with E-state index in [9.17, 15) is 0 Å². The maximum absolute atomic E-state index is 5.92. The lowest BCUT2D eigenvalue weighted by atomic mass is 10.2. The maximum Gasteiger partial charge on any atom is 0.0922 e. The summed E-state index contributed by atoms with van der Waals surface area (Å²) in [4.78, 5) is 6.99. The van der Waals surface area contributed by atoms with E-state index < -0.39 is 0 Å². The molecule has 0 aliphatic carbocycles. The van der Waals surface area contributed by atoms with Gasteiger partial charge in [0.25, 0.3) is 0 Å². The van der Waals surface area contributed by atoms with E-state index in [-0.39, 0.29) is 0 Å². The van der Waals surface area contributed by atoms with Crippen LogP contribution in [0, 0.1) is 0 Å². The molecule has 16 heavy (non-hydrogen) atoms. The highest BCUT2D eigenvalue weighted by molar-refractivity contribution is 9.10. The molecule has 0 atom stereocenters. The summed E-state index contributed by atoms with van der Waals surface area (Å²) in [5.41, 5.74) is 2.27. The Morgan fingerprint density at radius 3 is 2.94 bits per heavy atom. The Kier molecular flexibility index (Phi) is 3.98. The number of halogens is 2. The van der Waals surface area contributed by atoms with Crippen LogP contribution in [-0.4, -0.2) is 9.97 Å². The molecule has 0 aliphatic heterocycles. The van der Waals surface area contributed by atoms with Gasteiger partial charge in [0.15, 0.2) is 0 Å². The second kappa shape index (κ2) is 5.48. The number of nitrogens with one attached hydrogen (secondary N) is 2. The zero-order valence-electron chi connectivity index (χ0n) is 8.50. The first-order valence-electron chi connectivity index (χ1n) is 4.87. The molecule has 0 aliphatic rings. The smallest absolute Gasteiger partial charge is 0.0922 e. The number of benzene rings is 1. The molecule has 0 bridgehead atoms. The fraction of sp³-hybridized carbons (Fsp3) is 0.182. The molecule has 5 heteroatoms. The van der Waals surface area contributed by atoms with Crippen molar-refractivity contribution in [3.8, 4) is 0 Å². The number of rotatable bonds is 4. The van der Waals surface area contributed by atoms with Crippen LogP contribution in [0.3, 0.4) is 0 Å². The van der Waals surface area contributed by atoms with Crippen molar-refractivity contribution in [1.29, 1.82) is 0 Å². The van der Waals surface area contributed by atoms with Gasteiger partial charge in [-0.2, -0.15) is 0 Å². The van der Waals surface area contributed by atoms with Crippen LogP contribution in [0.4, 0.5) is 0 Å². The summed E-state index contributed by atoms with van der Waals surface area (Å²) >= 11 is 9.32. The highest BCUT2D eigenvalue weighted by Crippen LogP contribution is 2.23. The molecule has 0 unspecified atom stereocenters. The standard InChI is InChI=1S/C11H11BrClN3/c12-10-3-8(1-2-11(10)13)4-14-5-9-6-15-7-16-9/h1-3,6-7,14H,4-5H2,(H,15,16). The van der Waals surface area contributed by atoms with E-state index in [0.29, 0.717) is 0 Å². The summed E-state index contributed by atoms with van der Waals surface area (Å²) in [6, 6.07) is 5.91. The van der Waals surface area contributed by atoms with Crippen LogP contribution in [-0.2, 0) is 13.1 Å². The van der Waals surface area contributed by atoms with Crippen molar-refractivity contribution < 1.29 is 0 Å². The predicted octanol–water partition coefficient (Wildman–Crippen LogP) is 3.12. The van der Waals surface area contributed by atoms with Crippen molar-refractivity contribution in [2.45, 2.75) is 13.1 Å². The molecule has 3 nitrogen and oxygen atoms in total. The molecule has 0 radical (unpaired) electrons. The van der Waals surface area contributed by atoms with Gasteiger partial charge < -0.3 is 10.3 Å². The van der Waals surface area contributed by atoms with E-state index in [1.807, 2.05) is 24.4 Å². The number of aromatic nitrogens is 2. The highest BCUT2D eigenvalue weighted by atomic mass is 79.9. The molecule has 0 spiro atoms. The van der Waals surface area contributed by atoms with E-state index in [1.165, 1.54) is 5.56 Å². The van der Waals surface area contributed by atoms with Crippen LogP contribution >= 0.6 is 27.5 Å². The van der Waals surface area contributed by atoms with Gasteiger partial charge in [0.05, 0.1) is 11.3 Å². The second-order valence-electron chi connectivity index (χ2n) is 3.43. The molecule has 1 aromatic heterocycles. The molecule has 84 valence electrons. The van der Waals surface area contributed by atoms with Crippen molar-refractivity contribution >= 4 is 27.5 Å². The molecular formula is C11H11BrClN3. The Balaban J connectivity index is 1.87. The SMILES string of the molecule is Clc1ccc(CNCc2cnc[nH]2)cc1Br. The fourth-order valence-corrected chi connectivity index (χ4v) is 1.92. The largest absolute Gasteiger partial charge is 0.347 e. The second-order valence-corrected chi connectivity index (χ2v) is 4.69. The first-order valence-corrected chi connectivity index (χ1v) is 6.04. The molecule has 0 saturated heterocycles. The van der Waals surface area contributed by atoms with Crippen molar-refractivity contribution in [2.75, 3.05) is 0 Å². The molecule has 0 amide bonds. The Morgan fingerprint density at radius 1 is 1.38 bits per heavy atom. The Morgan fingerprint density at radius 2 is 2.25 bits per heavy atom. The van der Waals surface area contributed by atoms with Crippen molar-refractivity contribution in [1.82, 2.24) is 15.3 Å². The molecule has 1 aromatic carbocycles. The minimum Gasteiger partial charge on any atom is -0.347 e. The average Bonchev–Trinajstić information content (AvgIpc) is 2.76. The van der Waals surface area contributed by atoms with Gasteiger partial charge >= 0.3 is 0 Å². The zero-order valence-corrected chi connectivity index (χ0v) is 10.8. The molecule has 0 fully saturated rings. The lowest BCUT2D eigenvalue weighted by molar-refractivity contribution is 0.682. The number of hydrogen-bond donors (Lipinski definition) is 2. The van der Waals surface area contributed by atoms with Crippen LogP contribution in [0.2, 0.25) is 5.02 Å². The van der Waals surface area contributed by atoms with E-state index in [4.69, 9.17) is 11.6 Å². The molecule has 2 rings (SSSR count). The maximum atomic E-state index is 5.92. The van der Waals surface area contributed by atoms with Crippen molar-refractivity contribution in [3.05, 3.63) is 51.5 Å². The topological polar surface area (TPSA) is 40.7 Å². The number of hydrogen-bond acceptors (Lipinski definition) is 2. The Labute approximate surface area is 107 Å². The number of aromatic amines is 1. The van der Waals surface area contributed by atoms with Crippen molar-refractivity contribution in [3.63, 3.8) is 0 Å². The predicted molar refractivity (Wildman–Crippen MR) is 68.3 cm³/mol. The number of nitrogens with zero attached hydrogens (tertiary/aromatic N) is 1. The van der Waals surface area contributed by atoms with Crippen LogP contribution in [0.1, 0.15) is 11.3 Å². The average molecular weight is 301 g/mol. The summed E-state index contributed by atoms with van der Waals surface area (Å²) < 4.78 is 0.926. The summed E-state index contributed by atoms with van der Waals surface area (Å²) in [5, 5.41) is 4.05. The van der Waals surface area contributed by atoms with Gasteiger partial charge in [-0.25, -0.2) is 4.98 Å². The van der Waals surface area contributed by atoms with E-state index in [1.54, 1.807) is 6.33 Å². The fourth-order valence-electron chi connectivity index (χ4n) is 1.37. The minimum atomic E-state index is 0.734. The zero-order chi connectivity index (χ0) is 11.4. The van der Waals surface area contributed by atoms with Crippen LogP contribution in [0.5, 0.6) is 0 Å². The minimum absolute atomic E-state index is 0.734. The number of imidazole rings is 1. The lowest BCUT2D eigenvalue weighted by Gasteiger charge is -2.04. The normalized spacial score (nSPS) is 10.6. The third-order valence-electron chi connectivity index (χ3n) is 2.18. The third kappa shape index (κ3) is 3.07. The Bertz CT molecular complexity index is 456. The Hall–Kier alpha value is -0.840. The van der Waals surface area contributed by atoms with E-state index in [0.717, 1.165) is 28.3 Å². The van der Waals surface area contributed by atoms with E-state index >= 15 is 0 Å². The molecule has 2 aromatic rings. The molecule has 2 N–H and O–H groups in total. The third-order valence-corrected chi connectivity index (χ3v) is 3.40. The monoisotopic (exact) mass is 299 g/mol. The van der Waals surface area contributed by atoms with Gasteiger partial charge in [-0.1, -0.05) is 17.7 Å². The van der Waals surface area contributed by atoms with Gasteiger partial charge in [0, 0.05) is 29.5 Å². The van der Waals surface area contributed by atoms with Gasteiger partial charge in [0.1, 0.15) is 0 Å². The first kappa shape index (κ1) is 11.6. The van der Waals surface area contributed by atoms with Gasteiger partial charge in [-0.15, -0.1) is 0 Å². The van der Waals surface area contributed by atoms with Crippen molar-refractivity contribution in [2.24, 2.45) is 0 Å². The van der Waals surface area contributed by atoms with Gasteiger partial charge in [0.2, 0.25) is 0 Å². The van der Waals surface area contributed by atoms with Crippen LogP contribution in [0.15, 0.2) is 35.2 Å². The van der Waals surface area contributed by atoms with Gasteiger partial charge in [-0.05, 0) is 33.6 Å². The van der Waals surface area contributed by atoms with E-state index in [2.05, 4.69) is 31.2 Å². The first-order chi connectivity index (χ1) is 7.75.